The maximum Gasteiger partial charge on any atom is 0.242 e. The first-order valence-electron chi connectivity index (χ1n) is 7.21. The molecule has 2 N–H and O–H groups in total. The van der Waals surface area contributed by atoms with E-state index in [0.29, 0.717) is 23.0 Å². The molecule has 0 amide bonds. The minimum absolute atomic E-state index is 0.0534. The van der Waals surface area contributed by atoms with Crippen LogP contribution in [0, 0.1) is 0 Å². The fraction of sp³-hybridized carbons (Fsp3) is 0.0588. The number of pyridine rings is 1. The van der Waals surface area contributed by atoms with Crippen LogP contribution in [0.4, 0.5) is 5.69 Å². The van der Waals surface area contributed by atoms with E-state index in [2.05, 4.69) is 21.9 Å². The molecule has 0 aliphatic carbocycles. The van der Waals surface area contributed by atoms with E-state index in [4.69, 9.17) is 9.15 Å². The number of hydrogen-bond donors (Lipinski definition) is 2. The van der Waals surface area contributed by atoms with Crippen molar-refractivity contribution in [3.05, 3.63) is 61.3 Å². The number of nitrogens with one attached hydrogen (secondary N) is 1. The van der Waals surface area contributed by atoms with Gasteiger partial charge in [0.1, 0.15) is 4.90 Å². The summed E-state index contributed by atoms with van der Waals surface area (Å²) in [5, 5.41) is 2.96. The van der Waals surface area contributed by atoms with Crippen LogP contribution in [0.3, 0.4) is 0 Å². The summed E-state index contributed by atoms with van der Waals surface area (Å²) in [6.45, 7) is 3.88. The van der Waals surface area contributed by atoms with Crippen LogP contribution in [0.15, 0.2) is 64.7 Å². The molecular weight excluding hydrogens is 342 g/mol. The van der Waals surface area contributed by atoms with E-state index < -0.39 is 11.1 Å². The highest BCUT2D eigenvalue weighted by atomic mass is 32.2. The van der Waals surface area contributed by atoms with E-state index in [1.807, 2.05) is 30.3 Å². The summed E-state index contributed by atoms with van der Waals surface area (Å²) in [5.41, 5.74) is 1.75. The van der Waals surface area contributed by atoms with E-state index in [-0.39, 0.29) is 10.8 Å². The number of rotatable bonds is 6. The monoisotopic (exact) mass is 357 g/mol. The lowest BCUT2D eigenvalue weighted by Gasteiger charge is -2.09. The molecule has 0 saturated carbocycles. The molecule has 0 spiro atoms. The number of ether oxygens (including phenoxy) is 1. The normalized spacial score (nSPS) is 11.8. The number of nitrogens with zero attached hydrogens (tertiary/aromatic N) is 2. The van der Waals surface area contributed by atoms with Gasteiger partial charge in [-0.25, -0.2) is 14.2 Å². The fourth-order valence-corrected chi connectivity index (χ4v) is 2.67. The van der Waals surface area contributed by atoms with Crippen molar-refractivity contribution in [1.82, 2.24) is 9.97 Å². The van der Waals surface area contributed by atoms with Crippen molar-refractivity contribution < 1.29 is 17.9 Å². The van der Waals surface area contributed by atoms with E-state index in [1.165, 1.54) is 19.4 Å². The van der Waals surface area contributed by atoms with Gasteiger partial charge in [0, 0.05) is 5.56 Å². The molecule has 3 rings (SSSR count). The highest BCUT2D eigenvalue weighted by Gasteiger charge is 2.14. The molecule has 3 aromatic rings. The molecule has 1 aromatic carbocycles. The number of aromatic nitrogens is 2. The first-order chi connectivity index (χ1) is 12.1. The lowest BCUT2D eigenvalue weighted by atomic mass is 10.2. The van der Waals surface area contributed by atoms with Gasteiger partial charge in [0.2, 0.25) is 11.8 Å². The Kier molecular flexibility index (Phi) is 4.92. The standard InChI is InChI=1S/C17H15N3O4S/c1-11(16-19-10-14(24-16)12-6-4-3-5-7-12)20-13-8-15(25(21)22)17(23-2)18-9-13/h3-10,20H,1H2,2H3,(H,21,22). The number of oxazole rings is 1. The topological polar surface area (TPSA) is 97.5 Å². The van der Waals surface area contributed by atoms with Gasteiger partial charge in [-0.1, -0.05) is 36.9 Å². The average Bonchev–Trinajstić information content (AvgIpc) is 3.12. The predicted molar refractivity (Wildman–Crippen MR) is 94.4 cm³/mol. The quantitative estimate of drug-likeness (QED) is 0.652. The number of anilines is 1. The van der Waals surface area contributed by atoms with Crippen molar-refractivity contribution in [3.8, 4) is 17.2 Å². The largest absolute Gasteiger partial charge is 0.480 e. The van der Waals surface area contributed by atoms with Gasteiger partial charge in [-0.2, -0.15) is 0 Å². The van der Waals surface area contributed by atoms with Crippen molar-refractivity contribution in [3.63, 3.8) is 0 Å². The summed E-state index contributed by atoms with van der Waals surface area (Å²) in [6.07, 6.45) is 3.07. The van der Waals surface area contributed by atoms with Crippen LogP contribution in [-0.4, -0.2) is 25.8 Å². The second-order valence-corrected chi connectivity index (χ2v) is 5.92. The lowest BCUT2D eigenvalue weighted by molar-refractivity contribution is 0.384. The zero-order chi connectivity index (χ0) is 17.8. The van der Waals surface area contributed by atoms with Crippen LogP contribution in [-0.2, 0) is 11.1 Å². The molecule has 0 radical (unpaired) electrons. The molecule has 2 aromatic heterocycles. The van der Waals surface area contributed by atoms with Crippen LogP contribution in [0.1, 0.15) is 5.89 Å². The van der Waals surface area contributed by atoms with Gasteiger partial charge in [0.05, 0.1) is 30.9 Å². The molecule has 128 valence electrons. The Morgan fingerprint density at radius 3 is 2.72 bits per heavy atom. The first kappa shape index (κ1) is 16.9. The Balaban J connectivity index is 1.80. The Bertz CT molecular complexity index is 925. The number of hydrogen-bond acceptors (Lipinski definition) is 6. The van der Waals surface area contributed by atoms with Gasteiger partial charge >= 0.3 is 0 Å². The molecule has 0 saturated heterocycles. The van der Waals surface area contributed by atoms with E-state index in [0.717, 1.165) is 5.56 Å². The minimum atomic E-state index is -2.23. The fourth-order valence-electron chi connectivity index (χ4n) is 2.16. The molecule has 1 atom stereocenters. The number of benzene rings is 1. The maximum atomic E-state index is 11.4. The van der Waals surface area contributed by atoms with Crippen LogP contribution < -0.4 is 10.1 Å². The smallest absolute Gasteiger partial charge is 0.242 e. The summed E-state index contributed by atoms with van der Waals surface area (Å²) in [5.74, 6) is 1.00. The summed E-state index contributed by atoms with van der Waals surface area (Å²) in [4.78, 5) is 8.24. The van der Waals surface area contributed by atoms with Gasteiger partial charge in [-0.05, 0) is 6.07 Å². The summed E-state index contributed by atoms with van der Waals surface area (Å²) < 4.78 is 31.3. The zero-order valence-electron chi connectivity index (χ0n) is 13.3. The van der Waals surface area contributed by atoms with Gasteiger partial charge in [-0.3, -0.25) is 0 Å². The highest BCUT2D eigenvalue weighted by Crippen LogP contribution is 2.26. The number of methoxy groups -OCH3 is 1. The molecule has 8 heteroatoms. The van der Waals surface area contributed by atoms with Crippen LogP contribution in [0.5, 0.6) is 5.88 Å². The van der Waals surface area contributed by atoms with Crippen molar-refractivity contribution in [2.45, 2.75) is 4.90 Å². The van der Waals surface area contributed by atoms with E-state index >= 15 is 0 Å². The van der Waals surface area contributed by atoms with Gasteiger partial charge < -0.3 is 19.0 Å². The van der Waals surface area contributed by atoms with Crippen molar-refractivity contribution in [1.29, 1.82) is 0 Å². The van der Waals surface area contributed by atoms with Crippen LogP contribution in [0.25, 0.3) is 17.0 Å². The van der Waals surface area contributed by atoms with Crippen LogP contribution >= 0.6 is 0 Å². The van der Waals surface area contributed by atoms with Crippen molar-refractivity contribution >= 4 is 22.5 Å². The maximum absolute atomic E-state index is 11.4. The Hall–Kier alpha value is -2.97. The molecular formula is C17H15N3O4S. The minimum Gasteiger partial charge on any atom is -0.480 e. The second kappa shape index (κ2) is 7.29. The van der Waals surface area contributed by atoms with Crippen molar-refractivity contribution in [2.75, 3.05) is 12.4 Å². The molecule has 0 aliphatic heterocycles. The molecule has 0 aliphatic rings. The SMILES string of the molecule is C=C(Nc1cnc(OC)c(S(=O)O)c1)c1ncc(-c2ccccc2)o1. The van der Waals surface area contributed by atoms with Crippen molar-refractivity contribution in [2.24, 2.45) is 0 Å². The Morgan fingerprint density at radius 2 is 2.04 bits per heavy atom. The molecule has 0 fully saturated rings. The lowest BCUT2D eigenvalue weighted by Crippen LogP contribution is -2.02. The zero-order valence-corrected chi connectivity index (χ0v) is 14.1. The van der Waals surface area contributed by atoms with Gasteiger partial charge in [0.15, 0.2) is 16.8 Å². The third kappa shape index (κ3) is 3.76. The molecule has 2 heterocycles. The molecule has 25 heavy (non-hydrogen) atoms. The second-order valence-electron chi connectivity index (χ2n) is 4.98. The molecule has 1 unspecified atom stereocenters. The third-order valence-electron chi connectivity index (χ3n) is 3.32. The van der Waals surface area contributed by atoms with Gasteiger partial charge in [0.25, 0.3) is 0 Å². The third-order valence-corrected chi connectivity index (χ3v) is 3.99. The summed E-state index contributed by atoms with van der Waals surface area (Å²) in [7, 11) is 1.38. The molecule has 7 nitrogen and oxygen atoms in total. The Labute approximate surface area is 146 Å². The molecule has 0 bridgehead atoms. The predicted octanol–water partition coefficient (Wildman–Crippen LogP) is 3.41. The average molecular weight is 357 g/mol. The first-order valence-corrected chi connectivity index (χ1v) is 8.31. The van der Waals surface area contributed by atoms with E-state index in [9.17, 15) is 8.76 Å². The van der Waals surface area contributed by atoms with Crippen LogP contribution in [0.2, 0.25) is 0 Å². The van der Waals surface area contributed by atoms with E-state index in [1.54, 1.807) is 6.20 Å². The Morgan fingerprint density at radius 1 is 1.28 bits per heavy atom. The van der Waals surface area contributed by atoms with Gasteiger partial charge in [-0.15, -0.1) is 0 Å². The highest BCUT2D eigenvalue weighted by molar-refractivity contribution is 7.79. The summed E-state index contributed by atoms with van der Waals surface area (Å²) in [6, 6.07) is 11.0. The summed E-state index contributed by atoms with van der Waals surface area (Å²) >= 11 is -2.23.